The number of aromatic hydroxyl groups is 1. The second kappa shape index (κ2) is 8.92. The van der Waals surface area contributed by atoms with E-state index < -0.39 is 0 Å². The predicted molar refractivity (Wildman–Crippen MR) is 101 cm³/mol. The molecular weight excluding hydrogens is 419 g/mol. The molecule has 0 bridgehead atoms. The van der Waals surface area contributed by atoms with Crippen molar-refractivity contribution in [3.05, 3.63) is 26.8 Å². The number of hydrogen-bond acceptors (Lipinski definition) is 4. The summed E-state index contributed by atoms with van der Waals surface area (Å²) in [6, 6.07) is 5.47. The van der Waals surface area contributed by atoms with Gasteiger partial charge in [0.15, 0.2) is 11.5 Å². The average molecular weight is 440 g/mol. The van der Waals surface area contributed by atoms with Gasteiger partial charge in [-0.2, -0.15) is 5.26 Å². The number of amides is 1. The molecule has 1 fully saturated rings. The highest BCUT2D eigenvalue weighted by atomic mass is 127. The van der Waals surface area contributed by atoms with Gasteiger partial charge in [0.25, 0.3) is 5.91 Å². The third kappa shape index (κ3) is 4.87. The molecule has 1 aliphatic carbocycles. The van der Waals surface area contributed by atoms with Crippen molar-refractivity contribution in [3.8, 4) is 17.6 Å². The maximum atomic E-state index is 12.3. The molecule has 0 aromatic heterocycles. The van der Waals surface area contributed by atoms with E-state index in [2.05, 4.69) is 5.32 Å². The van der Waals surface area contributed by atoms with Gasteiger partial charge in [-0.1, -0.05) is 19.3 Å². The summed E-state index contributed by atoms with van der Waals surface area (Å²) in [6.45, 7) is 2.25. The van der Waals surface area contributed by atoms with Crippen molar-refractivity contribution in [1.82, 2.24) is 5.32 Å². The zero-order valence-electron chi connectivity index (χ0n) is 13.6. The summed E-state index contributed by atoms with van der Waals surface area (Å²) in [5, 5.41) is 22.2. The Morgan fingerprint density at radius 1 is 1.46 bits per heavy atom. The minimum absolute atomic E-state index is 0.0597. The van der Waals surface area contributed by atoms with Crippen LogP contribution < -0.4 is 10.1 Å². The lowest BCUT2D eigenvalue weighted by Crippen LogP contribution is -2.36. The maximum absolute atomic E-state index is 12.3. The summed E-state index contributed by atoms with van der Waals surface area (Å²) in [4.78, 5) is 12.3. The molecule has 128 valence electrons. The van der Waals surface area contributed by atoms with Crippen molar-refractivity contribution in [1.29, 1.82) is 5.26 Å². The molecule has 0 spiro atoms. The van der Waals surface area contributed by atoms with E-state index in [-0.39, 0.29) is 23.3 Å². The molecular formula is C18H21IN2O3. The number of benzene rings is 1. The lowest BCUT2D eigenvalue weighted by atomic mass is 9.95. The first kappa shape index (κ1) is 18.6. The van der Waals surface area contributed by atoms with Crippen molar-refractivity contribution in [3.63, 3.8) is 0 Å². The molecule has 24 heavy (non-hydrogen) atoms. The van der Waals surface area contributed by atoms with Crippen LogP contribution in [0.3, 0.4) is 0 Å². The SMILES string of the molecule is CCOc1cc(/C=C(\C#N)C(=O)NC2CCCCC2)cc(I)c1O. The first-order valence-electron chi connectivity index (χ1n) is 8.13. The Morgan fingerprint density at radius 3 is 2.79 bits per heavy atom. The lowest BCUT2D eigenvalue weighted by Gasteiger charge is -2.22. The molecule has 5 nitrogen and oxygen atoms in total. The van der Waals surface area contributed by atoms with Crippen LogP contribution in [-0.4, -0.2) is 23.7 Å². The highest BCUT2D eigenvalue weighted by Crippen LogP contribution is 2.33. The molecule has 0 aliphatic heterocycles. The van der Waals surface area contributed by atoms with E-state index in [4.69, 9.17) is 4.74 Å². The van der Waals surface area contributed by atoms with Gasteiger partial charge in [0.1, 0.15) is 11.6 Å². The van der Waals surface area contributed by atoms with Crippen LogP contribution in [-0.2, 0) is 4.79 Å². The van der Waals surface area contributed by atoms with Gasteiger partial charge in [0.05, 0.1) is 10.2 Å². The van der Waals surface area contributed by atoms with Gasteiger partial charge < -0.3 is 15.2 Å². The van der Waals surface area contributed by atoms with Crippen LogP contribution in [0.2, 0.25) is 0 Å². The number of rotatable bonds is 5. The quantitative estimate of drug-likeness (QED) is 0.415. The second-order valence-electron chi connectivity index (χ2n) is 5.76. The molecule has 1 aromatic carbocycles. The van der Waals surface area contributed by atoms with Gasteiger partial charge in [0, 0.05) is 6.04 Å². The molecule has 0 unspecified atom stereocenters. The van der Waals surface area contributed by atoms with E-state index in [9.17, 15) is 15.2 Å². The van der Waals surface area contributed by atoms with Gasteiger partial charge >= 0.3 is 0 Å². The Balaban J connectivity index is 2.20. The molecule has 6 heteroatoms. The van der Waals surface area contributed by atoms with E-state index in [1.54, 1.807) is 12.1 Å². The fraction of sp³-hybridized carbons (Fsp3) is 0.444. The Bertz CT molecular complexity index is 674. The number of hydrogen-bond donors (Lipinski definition) is 2. The maximum Gasteiger partial charge on any atom is 0.262 e. The van der Waals surface area contributed by atoms with Crippen molar-refractivity contribution in [2.24, 2.45) is 0 Å². The summed E-state index contributed by atoms with van der Waals surface area (Å²) in [5.74, 6) is 0.0748. The summed E-state index contributed by atoms with van der Waals surface area (Å²) < 4.78 is 5.99. The molecule has 1 aliphatic rings. The van der Waals surface area contributed by atoms with Crippen LogP contribution in [0.5, 0.6) is 11.5 Å². The van der Waals surface area contributed by atoms with E-state index in [0.29, 0.717) is 21.5 Å². The average Bonchev–Trinajstić information content (AvgIpc) is 2.58. The molecule has 0 heterocycles. The van der Waals surface area contributed by atoms with Crippen LogP contribution in [0.15, 0.2) is 17.7 Å². The predicted octanol–water partition coefficient (Wildman–Crippen LogP) is 3.75. The van der Waals surface area contributed by atoms with Gasteiger partial charge in [-0.15, -0.1) is 0 Å². The molecule has 2 rings (SSSR count). The Morgan fingerprint density at radius 2 is 2.17 bits per heavy atom. The summed E-state index contributed by atoms with van der Waals surface area (Å²) >= 11 is 1.99. The van der Waals surface area contributed by atoms with Crippen molar-refractivity contribution in [2.75, 3.05) is 6.61 Å². The van der Waals surface area contributed by atoms with Crippen LogP contribution in [0.25, 0.3) is 6.08 Å². The molecule has 0 saturated heterocycles. The molecule has 2 N–H and O–H groups in total. The number of carbonyl (C=O) groups excluding carboxylic acids is 1. The normalized spacial score (nSPS) is 15.6. The number of halogens is 1. The van der Waals surface area contributed by atoms with Gasteiger partial charge in [-0.05, 0) is 66.1 Å². The van der Waals surface area contributed by atoms with Crippen molar-refractivity contribution >= 4 is 34.6 Å². The monoisotopic (exact) mass is 440 g/mol. The topological polar surface area (TPSA) is 82.3 Å². The van der Waals surface area contributed by atoms with Crippen LogP contribution in [0.1, 0.15) is 44.6 Å². The number of nitriles is 1. The highest BCUT2D eigenvalue weighted by molar-refractivity contribution is 14.1. The fourth-order valence-corrected chi connectivity index (χ4v) is 3.39. The molecule has 1 aromatic rings. The third-order valence-corrected chi connectivity index (χ3v) is 4.79. The standard InChI is InChI=1S/C18H21IN2O3/c1-2-24-16-10-12(9-15(19)17(16)22)8-13(11-20)18(23)21-14-6-4-3-5-7-14/h8-10,14,22H,2-7H2,1H3,(H,21,23)/b13-8+. The molecule has 1 amide bonds. The van der Waals surface area contributed by atoms with E-state index in [0.717, 1.165) is 25.7 Å². The highest BCUT2D eigenvalue weighted by Gasteiger charge is 2.18. The second-order valence-corrected chi connectivity index (χ2v) is 6.92. The van der Waals surface area contributed by atoms with E-state index >= 15 is 0 Å². The molecule has 0 radical (unpaired) electrons. The van der Waals surface area contributed by atoms with E-state index in [1.165, 1.54) is 12.5 Å². The summed E-state index contributed by atoms with van der Waals surface area (Å²) in [6.07, 6.45) is 6.91. The summed E-state index contributed by atoms with van der Waals surface area (Å²) in [5.41, 5.74) is 0.709. The van der Waals surface area contributed by atoms with Gasteiger partial charge in [0.2, 0.25) is 0 Å². The number of phenolic OH excluding ortho intramolecular Hbond substituents is 1. The largest absolute Gasteiger partial charge is 0.504 e. The molecule has 0 atom stereocenters. The number of ether oxygens (including phenoxy) is 1. The fourth-order valence-electron chi connectivity index (χ4n) is 2.77. The van der Waals surface area contributed by atoms with E-state index in [1.807, 2.05) is 35.6 Å². The Hall–Kier alpha value is -1.75. The van der Waals surface area contributed by atoms with Crippen molar-refractivity contribution < 1.29 is 14.6 Å². The number of nitrogens with one attached hydrogen (secondary N) is 1. The first-order valence-corrected chi connectivity index (χ1v) is 9.21. The van der Waals surface area contributed by atoms with Crippen LogP contribution in [0.4, 0.5) is 0 Å². The van der Waals surface area contributed by atoms with Gasteiger partial charge in [-0.25, -0.2) is 0 Å². The van der Waals surface area contributed by atoms with Crippen LogP contribution >= 0.6 is 22.6 Å². The first-order chi connectivity index (χ1) is 11.5. The lowest BCUT2D eigenvalue weighted by molar-refractivity contribution is -0.117. The number of carbonyl (C=O) groups is 1. The number of nitrogens with zero attached hydrogens (tertiary/aromatic N) is 1. The summed E-state index contributed by atoms with van der Waals surface area (Å²) in [7, 11) is 0. The van der Waals surface area contributed by atoms with Crippen molar-refractivity contribution in [2.45, 2.75) is 45.1 Å². The zero-order valence-corrected chi connectivity index (χ0v) is 15.8. The van der Waals surface area contributed by atoms with Crippen LogP contribution in [0, 0.1) is 14.9 Å². The minimum Gasteiger partial charge on any atom is -0.504 e. The Labute approximate surface area is 155 Å². The van der Waals surface area contributed by atoms with Gasteiger partial charge in [-0.3, -0.25) is 4.79 Å². The Kier molecular flexibility index (Phi) is 6.91. The molecule has 1 saturated carbocycles. The number of phenols is 1. The minimum atomic E-state index is -0.342. The smallest absolute Gasteiger partial charge is 0.262 e. The zero-order chi connectivity index (χ0) is 17.5. The third-order valence-electron chi connectivity index (χ3n) is 3.97.